The van der Waals surface area contributed by atoms with Crippen LogP contribution in [0.15, 0.2) is 82.9 Å². The Morgan fingerprint density at radius 2 is 1.69 bits per heavy atom. The molecule has 0 fully saturated rings. The van der Waals surface area contributed by atoms with E-state index in [1.165, 1.54) is 24.3 Å². The maximum absolute atomic E-state index is 12.7. The number of carbonyl (C=O) groups excluding carboxylic acids is 1. The van der Waals surface area contributed by atoms with E-state index in [1.54, 1.807) is 37.4 Å². The van der Waals surface area contributed by atoms with Gasteiger partial charge in [-0.1, -0.05) is 30.3 Å². The number of aromatic nitrogens is 1. The van der Waals surface area contributed by atoms with E-state index in [-0.39, 0.29) is 16.3 Å². The molecule has 9 nitrogen and oxygen atoms in total. The molecular formula is C22H18N4O5S. The number of methoxy groups -OCH3 is 1. The highest BCUT2D eigenvalue weighted by Crippen LogP contribution is 2.36. The van der Waals surface area contributed by atoms with Crippen molar-refractivity contribution in [3.8, 4) is 5.75 Å². The van der Waals surface area contributed by atoms with E-state index in [1.807, 2.05) is 22.9 Å². The van der Waals surface area contributed by atoms with Crippen LogP contribution in [0.4, 0.5) is 17.1 Å². The lowest BCUT2D eigenvalue weighted by Crippen LogP contribution is -2.30. The number of carbonyl (C=O) groups is 1. The highest BCUT2D eigenvalue weighted by molar-refractivity contribution is 7.90. The van der Waals surface area contributed by atoms with Gasteiger partial charge in [0, 0.05) is 11.1 Å². The first-order valence-corrected chi connectivity index (χ1v) is 10.9. The van der Waals surface area contributed by atoms with Gasteiger partial charge in [-0.3, -0.25) is 4.79 Å². The molecule has 0 bridgehead atoms. The van der Waals surface area contributed by atoms with Crippen molar-refractivity contribution < 1.29 is 17.9 Å². The number of nitroso groups, excluding NO2 is 1. The maximum Gasteiger partial charge on any atom is 0.281 e. The molecule has 4 rings (SSSR count). The molecule has 10 heteroatoms. The SMILES string of the molecule is COc1ccccc1Nc1ccc(N=O)c2[nH]c(C(=O)NS(=O)(=O)c3ccccc3)cc12. The molecule has 1 heterocycles. The molecule has 0 spiro atoms. The monoisotopic (exact) mass is 450 g/mol. The molecule has 0 aliphatic rings. The van der Waals surface area contributed by atoms with Gasteiger partial charge in [0.05, 0.1) is 23.2 Å². The van der Waals surface area contributed by atoms with Gasteiger partial charge in [-0.25, -0.2) is 13.1 Å². The summed E-state index contributed by atoms with van der Waals surface area (Å²) >= 11 is 0. The van der Waals surface area contributed by atoms with Crippen LogP contribution in [0.25, 0.3) is 10.9 Å². The minimum Gasteiger partial charge on any atom is -0.495 e. The molecule has 1 amide bonds. The molecule has 0 radical (unpaired) electrons. The standard InChI is InChI=1S/C22H18N4O5S/c1-31-20-10-6-5-9-17(20)23-16-11-12-18(25-28)21-15(16)13-19(24-21)22(27)26-32(29,30)14-7-3-2-4-8-14/h2-13,23-24H,1H3,(H,26,27). The van der Waals surface area contributed by atoms with Crippen LogP contribution in [0.3, 0.4) is 0 Å². The quantitative estimate of drug-likeness (QED) is 0.357. The number of ether oxygens (including phenoxy) is 1. The van der Waals surface area contributed by atoms with Gasteiger partial charge in [0.1, 0.15) is 17.1 Å². The van der Waals surface area contributed by atoms with Crippen molar-refractivity contribution in [1.29, 1.82) is 0 Å². The summed E-state index contributed by atoms with van der Waals surface area (Å²) in [7, 11) is -2.52. The number of nitrogens with zero attached hydrogens (tertiary/aromatic N) is 1. The van der Waals surface area contributed by atoms with Gasteiger partial charge in [-0.05, 0) is 47.6 Å². The summed E-state index contributed by atoms with van der Waals surface area (Å²) < 4.78 is 32.4. The minimum atomic E-state index is -4.07. The Bertz CT molecular complexity index is 1420. The molecule has 0 unspecified atom stereocenters. The largest absolute Gasteiger partial charge is 0.495 e. The fourth-order valence-electron chi connectivity index (χ4n) is 3.24. The van der Waals surface area contributed by atoms with E-state index in [4.69, 9.17) is 4.74 Å². The molecule has 0 saturated carbocycles. The number of anilines is 2. The summed E-state index contributed by atoms with van der Waals surface area (Å²) in [4.78, 5) is 26.7. The number of para-hydroxylation sites is 2. The summed E-state index contributed by atoms with van der Waals surface area (Å²) in [5, 5.41) is 6.68. The molecule has 32 heavy (non-hydrogen) atoms. The molecule has 1 aromatic heterocycles. The number of nitrogens with one attached hydrogen (secondary N) is 3. The van der Waals surface area contributed by atoms with Crippen molar-refractivity contribution in [3.63, 3.8) is 0 Å². The molecule has 162 valence electrons. The Morgan fingerprint density at radius 1 is 0.969 bits per heavy atom. The van der Waals surface area contributed by atoms with Crippen molar-refractivity contribution >= 4 is 43.9 Å². The molecule has 0 atom stereocenters. The van der Waals surface area contributed by atoms with Crippen LogP contribution in [0.1, 0.15) is 10.5 Å². The summed E-state index contributed by atoms with van der Waals surface area (Å²) in [5.41, 5.74) is 1.57. The number of benzene rings is 3. The third kappa shape index (κ3) is 4.03. The predicted molar refractivity (Wildman–Crippen MR) is 121 cm³/mol. The van der Waals surface area contributed by atoms with Gasteiger partial charge >= 0.3 is 0 Å². The second-order valence-corrected chi connectivity index (χ2v) is 8.45. The van der Waals surface area contributed by atoms with E-state index >= 15 is 0 Å². The number of hydrogen-bond donors (Lipinski definition) is 3. The Balaban J connectivity index is 1.72. The van der Waals surface area contributed by atoms with Crippen LogP contribution < -0.4 is 14.8 Å². The third-order valence-corrected chi connectivity index (χ3v) is 6.12. The average Bonchev–Trinajstić information content (AvgIpc) is 3.26. The van der Waals surface area contributed by atoms with Crippen molar-refractivity contribution in [2.75, 3.05) is 12.4 Å². The van der Waals surface area contributed by atoms with Crippen LogP contribution in [0.5, 0.6) is 5.75 Å². The normalized spacial score (nSPS) is 11.2. The van der Waals surface area contributed by atoms with E-state index in [0.717, 1.165) is 0 Å². The lowest BCUT2D eigenvalue weighted by Gasteiger charge is -2.12. The van der Waals surface area contributed by atoms with Crippen molar-refractivity contribution in [2.24, 2.45) is 5.18 Å². The van der Waals surface area contributed by atoms with Gasteiger partial charge in [0.2, 0.25) is 0 Å². The number of aromatic amines is 1. The highest BCUT2D eigenvalue weighted by Gasteiger charge is 2.21. The third-order valence-electron chi connectivity index (χ3n) is 4.77. The average molecular weight is 450 g/mol. The molecular weight excluding hydrogens is 432 g/mol. The van der Waals surface area contributed by atoms with Gasteiger partial charge in [-0.15, -0.1) is 4.91 Å². The van der Waals surface area contributed by atoms with E-state index in [0.29, 0.717) is 28.0 Å². The number of rotatable bonds is 7. The number of H-pyrrole nitrogens is 1. The minimum absolute atomic E-state index is 0.0429. The lowest BCUT2D eigenvalue weighted by molar-refractivity contribution is 0.0977. The summed E-state index contributed by atoms with van der Waals surface area (Å²) in [5.74, 6) is -0.272. The van der Waals surface area contributed by atoms with E-state index < -0.39 is 15.9 Å². The number of amides is 1. The second kappa shape index (κ2) is 8.52. The number of fused-ring (bicyclic) bond motifs is 1. The molecule has 4 aromatic rings. The van der Waals surface area contributed by atoms with Gasteiger partial charge < -0.3 is 15.0 Å². The Kier molecular flexibility index (Phi) is 5.61. The maximum atomic E-state index is 12.7. The van der Waals surface area contributed by atoms with Crippen LogP contribution in [0.2, 0.25) is 0 Å². The van der Waals surface area contributed by atoms with Crippen LogP contribution in [-0.4, -0.2) is 26.4 Å². The van der Waals surface area contributed by atoms with Gasteiger partial charge in [0.15, 0.2) is 0 Å². The first-order chi connectivity index (χ1) is 15.4. The fourth-order valence-corrected chi connectivity index (χ4v) is 4.23. The zero-order valence-corrected chi connectivity index (χ0v) is 17.6. The highest BCUT2D eigenvalue weighted by atomic mass is 32.2. The van der Waals surface area contributed by atoms with Crippen molar-refractivity contribution in [1.82, 2.24) is 9.71 Å². The van der Waals surface area contributed by atoms with E-state index in [9.17, 15) is 18.1 Å². The van der Waals surface area contributed by atoms with Gasteiger partial charge in [-0.2, -0.15) is 0 Å². The van der Waals surface area contributed by atoms with Crippen LogP contribution in [-0.2, 0) is 10.0 Å². The fraction of sp³-hybridized carbons (Fsp3) is 0.0455. The lowest BCUT2D eigenvalue weighted by atomic mass is 10.1. The van der Waals surface area contributed by atoms with Crippen molar-refractivity contribution in [3.05, 3.63) is 83.4 Å². The summed E-state index contributed by atoms with van der Waals surface area (Å²) in [6, 6.07) is 19.4. The Hall–Kier alpha value is -4.18. The van der Waals surface area contributed by atoms with Crippen LogP contribution >= 0.6 is 0 Å². The predicted octanol–water partition coefficient (Wildman–Crippen LogP) is 4.44. The summed E-state index contributed by atoms with van der Waals surface area (Å²) in [6.07, 6.45) is 0. The molecule has 3 N–H and O–H groups in total. The Labute approximate surface area is 183 Å². The van der Waals surface area contributed by atoms with Gasteiger partial charge in [0.25, 0.3) is 15.9 Å². The number of sulfonamides is 1. The first-order valence-electron chi connectivity index (χ1n) is 9.44. The van der Waals surface area contributed by atoms with Crippen molar-refractivity contribution in [2.45, 2.75) is 4.90 Å². The first kappa shape index (κ1) is 21.1. The zero-order valence-electron chi connectivity index (χ0n) is 16.8. The Morgan fingerprint density at radius 3 is 2.41 bits per heavy atom. The molecule has 0 aliphatic heterocycles. The summed E-state index contributed by atoms with van der Waals surface area (Å²) in [6.45, 7) is 0. The topological polar surface area (TPSA) is 130 Å². The smallest absolute Gasteiger partial charge is 0.281 e. The van der Waals surface area contributed by atoms with Crippen LogP contribution in [0, 0.1) is 4.91 Å². The zero-order chi connectivity index (χ0) is 22.7. The number of hydrogen-bond acceptors (Lipinski definition) is 7. The van der Waals surface area contributed by atoms with E-state index in [2.05, 4.69) is 15.5 Å². The molecule has 3 aromatic carbocycles. The molecule has 0 saturated heterocycles. The second-order valence-electron chi connectivity index (χ2n) is 6.77. The molecule has 0 aliphatic carbocycles.